The van der Waals surface area contributed by atoms with E-state index < -0.39 is 23.5 Å². The first-order valence-corrected chi connectivity index (χ1v) is 11.1. The number of carbonyl (C=O) groups excluding carboxylic acids is 1. The summed E-state index contributed by atoms with van der Waals surface area (Å²) in [5.74, 6) is -1.82. The minimum absolute atomic E-state index is 0.0330. The average Bonchev–Trinajstić information content (AvgIpc) is 3.38. The lowest BCUT2D eigenvalue weighted by molar-refractivity contribution is -0.895. The molecule has 0 bridgehead atoms. The molecule has 12 nitrogen and oxygen atoms in total. The van der Waals surface area contributed by atoms with Gasteiger partial charge < -0.3 is 14.1 Å². The number of likely N-dealkylation sites (tertiary alicyclic amines) is 1. The summed E-state index contributed by atoms with van der Waals surface area (Å²) in [7, 11) is 4.44. The predicted molar refractivity (Wildman–Crippen MR) is 118 cm³/mol. The van der Waals surface area contributed by atoms with Crippen LogP contribution in [0.2, 0.25) is 0 Å². The first-order chi connectivity index (χ1) is 16.9. The van der Waals surface area contributed by atoms with Gasteiger partial charge in [-0.1, -0.05) is 5.21 Å². The number of aromatic nitrogens is 6. The second-order valence-electron chi connectivity index (χ2n) is 9.11. The molecule has 0 spiro atoms. The summed E-state index contributed by atoms with van der Waals surface area (Å²) in [6.07, 6.45) is -1.28. The number of quaternary nitrogens is 1. The predicted octanol–water partition coefficient (Wildman–Crippen LogP) is 0.469. The molecule has 0 unspecified atom stereocenters. The van der Waals surface area contributed by atoms with Crippen LogP contribution in [0.4, 0.5) is 13.2 Å². The molecule has 1 N–H and O–H groups in total. The molecular formula is C21H25F3N7O5+. The Morgan fingerprint density at radius 3 is 2.47 bits per heavy atom. The third-order valence-electron chi connectivity index (χ3n) is 6.00. The number of halogens is 3. The van der Waals surface area contributed by atoms with Gasteiger partial charge in [0.2, 0.25) is 0 Å². The summed E-state index contributed by atoms with van der Waals surface area (Å²) >= 11 is 0. The fourth-order valence-corrected chi connectivity index (χ4v) is 3.91. The summed E-state index contributed by atoms with van der Waals surface area (Å²) in [6.45, 7) is 2.92. The van der Waals surface area contributed by atoms with Crippen molar-refractivity contribution >= 4 is 5.97 Å². The van der Waals surface area contributed by atoms with Crippen molar-refractivity contribution in [1.29, 1.82) is 0 Å². The minimum Gasteiger partial charge on any atom is -0.492 e. The lowest BCUT2D eigenvalue weighted by Gasteiger charge is -2.36. The Bertz CT molecular complexity index is 1330. The molecular weight excluding hydrogens is 487 g/mol. The van der Waals surface area contributed by atoms with E-state index in [0.29, 0.717) is 22.8 Å². The molecule has 1 aliphatic heterocycles. The number of hydrogen-bond donors (Lipinski definition) is 1. The number of benzene rings is 1. The molecule has 1 aromatic carbocycles. The van der Waals surface area contributed by atoms with Gasteiger partial charge in [0.05, 0.1) is 45.1 Å². The first-order valence-electron chi connectivity index (χ1n) is 11.1. The largest absolute Gasteiger partial charge is 0.493 e. The van der Waals surface area contributed by atoms with E-state index in [-0.39, 0.29) is 17.1 Å². The van der Waals surface area contributed by atoms with Crippen LogP contribution in [0.1, 0.15) is 24.5 Å². The Labute approximate surface area is 202 Å². The lowest BCUT2D eigenvalue weighted by Crippen LogP contribution is -2.45. The van der Waals surface area contributed by atoms with Crippen molar-refractivity contribution in [3.8, 4) is 11.4 Å². The second-order valence-corrected chi connectivity index (χ2v) is 9.11. The highest BCUT2D eigenvalue weighted by atomic mass is 19.4. The third-order valence-corrected chi connectivity index (χ3v) is 6.00. The van der Waals surface area contributed by atoms with Crippen molar-refractivity contribution in [3.63, 3.8) is 0 Å². The Morgan fingerprint density at radius 1 is 1.17 bits per heavy atom. The molecule has 194 valence electrons. The van der Waals surface area contributed by atoms with E-state index in [0.717, 1.165) is 36.1 Å². The van der Waals surface area contributed by atoms with E-state index in [9.17, 15) is 27.6 Å². The van der Waals surface area contributed by atoms with Crippen LogP contribution in [0.25, 0.3) is 5.69 Å². The zero-order valence-electron chi connectivity index (χ0n) is 19.6. The SMILES string of the molecule is C[N+]1(C)CCC(c2cn(CCOc3ccc(-n4c(=O)[nH]n(OC(=O)C(F)(F)F)c4=O)cc3)nn2)CC1. The van der Waals surface area contributed by atoms with Gasteiger partial charge in [-0.25, -0.2) is 28.7 Å². The van der Waals surface area contributed by atoms with Crippen LogP contribution in [-0.2, 0) is 11.3 Å². The maximum atomic E-state index is 12.4. The third kappa shape index (κ3) is 5.67. The smallest absolute Gasteiger partial charge is 0.492 e. The van der Waals surface area contributed by atoms with Gasteiger partial charge >= 0.3 is 23.5 Å². The van der Waals surface area contributed by atoms with Crippen molar-refractivity contribution in [2.45, 2.75) is 31.5 Å². The molecule has 0 atom stereocenters. The maximum absolute atomic E-state index is 12.4. The van der Waals surface area contributed by atoms with E-state index in [2.05, 4.69) is 29.2 Å². The molecule has 0 amide bonds. The highest BCUT2D eigenvalue weighted by Gasteiger charge is 2.42. The van der Waals surface area contributed by atoms with Crippen LogP contribution < -0.4 is 21.0 Å². The molecule has 3 heterocycles. The standard InChI is InChI=1S/C21H24F3N7O5/c1-31(2)10-7-14(8-11-31)17-13-28(27-25-17)9-12-35-16-5-3-15(4-6-16)29-19(33)26-30(20(29)34)36-18(32)21(22,23)24/h3-6,13-14H,7-12H2,1-2H3/p+1. The van der Waals surface area contributed by atoms with Gasteiger partial charge in [-0.3, -0.25) is 0 Å². The van der Waals surface area contributed by atoms with Gasteiger partial charge in [0.25, 0.3) is 0 Å². The second kappa shape index (κ2) is 9.64. The number of nitrogens with one attached hydrogen (secondary N) is 1. The van der Waals surface area contributed by atoms with Gasteiger partial charge in [-0.2, -0.15) is 13.2 Å². The van der Waals surface area contributed by atoms with Crippen molar-refractivity contribution in [2.75, 3.05) is 33.8 Å². The van der Waals surface area contributed by atoms with Crippen LogP contribution in [0.15, 0.2) is 40.1 Å². The number of nitrogens with zero attached hydrogens (tertiary/aromatic N) is 6. The number of aromatic amines is 1. The molecule has 2 aromatic heterocycles. The number of rotatable bonds is 7. The fraction of sp³-hybridized carbons (Fsp3) is 0.476. The molecule has 15 heteroatoms. The Kier molecular flexibility index (Phi) is 6.75. The van der Waals surface area contributed by atoms with Crippen molar-refractivity contribution < 1.29 is 32.0 Å². The number of alkyl halides is 3. The van der Waals surface area contributed by atoms with E-state index in [1.807, 2.05) is 6.20 Å². The van der Waals surface area contributed by atoms with Crippen molar-refractivity contribution in [2.24, 2.45) is 0 Å². The molecule has 0 saturated carbocycles. The number of H-pyrrole nitrogens is 1. The normalized spacial score (nSPS) is 16.1. The van der Waals surface area contributed by atoms with E-state index in [1.54, 1.807) is 9.78 Å². The Morgan fingerprint density at radius 2 is 1.83 bits per heavy atom. The van der Waals surface area contributed by atoms with Gasteiger partial charge in [-0.15, -0.1) is 5.10 Å². The molecule has 3 aromatic rings. The molecule has 1 fully saturated rings. The van der Waals surface area contributed by atoms with Crippen molar-refractivity contribution in [1.82, 2.24) is 29.5 Å². The van der Waals surface area contributed by atoms with Gasteiger partial charge in [0.15, 0.2) is 0 Å². The number of ether oxygens (including phenoxy) is 1. The molecule has 1 saturated heterocycles. The highest BCUT2D eigenvalue weighted by molar-refractivity contribution is 5.75. The Hall–Kier alpha value is -3.88. The van der Waals surface area contributed by atoms with Crippen LogP contribution in [0.5, 0.6) is 5.75 Å². The minimum atomic E-state index is -5.34. The molecule has 0 radical (unpaired) electrons. The monoisotopic (exact) mass is 512 g/mol. The maximum Gasteiger partial charge on any atom is 0.493 e. The van der Waals surface area contributed by atoms with Gasteiger partial charge in [0, 0.05) is 25.0 Å². The summed E-state index contributed by atoms with van der Waals surface area (Å²) in [4.78, 5) is 38.9. The van der Waals surface area contributed by atoms with Crippen molar-refractivity contribution in [3.05, 3.63) is 57.1 Å². The quantitative estimate of drug-likeness (QED) is 0.456. The zero-order chi connectivity index (χ0) is 26.1. The summed E-state index contributed by atoms with van der Waals surface area (Å²) in [5, 5.41) is 10.2. The first kappa shape index (κ1) is 25.2. The molecule has 1 aliphatic rings. The van der Waals surface area contributed by atoms with Crippen LogP contribution >= 0.6 is 0 Å². The van der Waals surface area contributed by atoms with E-state index >= 15 is 0 Å². The van der Waals surface area contributed by atoms with E-state index in [1.165, 1.54) is 24.3 Å². The summed E-state index contributed by atoms with van der Waals surface area (Å²) in [6, 6.07) is 5.68. The fourth-order valence-electron chi connectivity index (χ4n) is 3.91. The molecule has 0 aliphatic carbocycles. The van der Waals surface area contributed by atoms with Gasteiger partial charge in [0.1, 0.15) is 12.4 Å². The Balaban J connectivity index is 1.33. The number of hydrogen-bond acceptors (Lipinski definition) is 7. The van der Waals surface area contributed by atoms with Crippen LogP contribution in [-0.4, -0.2) is 79.9 Å². The summed E-state index contributed by atoms with van der Waals surface area (Å²) < 4.78 is 46.0. The molecule has 4 rings (SSSR count). The van der Waals surface area contributed by atoms with E-state index in [4.69, 9.17) is 4.74 Å². The lowest BCUT2D eigenvalue weighted by atomic mass is 9.93. The topological polar surface area (TPSA) is 126 Å². The zero-order valence-corrected chi connectivity index (χ0v) is 19.6. The van der Waals surface area contributed by atoms with Crippen LogP contribution in [0.3, 0.4) is 0 Å². The number of carbonyl (C=O) groups is 1. The number of piperidine rings is 1. The summed E-state index contributed by atoms with van der Waals surface area (Å²) in [5.41, 5.74) is -1.40. The highest BCUT2D eigenvalue weighted by Crippen LogP contribution is 2.28. The molecule has 36 heavy (non-hydrogen) atoms. The van der Waals surface area contributed by atoms with Crippen LogP contribution in [0, 0.1) is 0 Å². The van der Waals surface area contributed by atoms with Gasteiger partial charge in [-0.05, 0) is 29.1 Å². The average molecular weight is 512 g/mol.